The summed E-state index contributed by atoms with van der Waals surface area (Å²) in [5, 5.41) is 8.27. The van der Waals surface area contributed by atoms with Crippen LogP contribution in [0.3, 0.4) is 0 Å². The van der Waals surface area contributed by atoms with Gasteiger partial charge in [-0.05, 0) is 69.1 Å². The largest absolute Gasteiger partial charge is 0.495 e. The molecule has 0 spiro atoms. The molecule has 2 aromatic rings. The average molecular weight is 454 g/mol. The Kier molecular flexibility index (Phi) is 8.37. The van der Waals surface area contributed by atoms with Gasteiger partial charge in [-0.15, -0.1) is 0 Å². The molecule has 0 unspecified atom stereocenters. The predicted octanol–water partition coefficient (Wildman–Crippen LogP) is 2.11. The second-order valence-electron chi connectivity index (χ2n) is 8.29. The minimum atomic E-state index is -0.327. The van der Waals surface area contributed by atoms with Crippen molar-refractivity contribution in [2.24, 2.45) is 5.92 Å². The van der Waals surface area contributed by atoms with E-state index in [0.29, 0.717) is 43.2 Å². The fourth-order valence-electron chi connectivity index (χ4n) is 3.68. The van der Waals surface area contributed by atoms with Crippen LogP contribution >= 0.6 is 0 Å². The second-order valence-corrected chi connectivity index (χ2v) is 8.29. The number of hydrogen-bond acceptors (Lipinski definition) is 6. The number of aromatic nitrogens is 1. The monoisotopic (exact) mass is 453 g/mol. The first-order valence-electron chi connectivity index (χ1n) is 11.0. The number of nitrogens with one attached hydrogen (secondary N) is 3. The van der Waals surface area contributed by atoms with Crippen LogP contribution in [-0.2, 0) is 14.4 Å². The Balaban J connectivity index is 1.37. The molecule has 1 aliphatic heterocycles. The first-order chi connectivity index (χ1) is 15.8. The minimum absolute atomic E-state index is 0.0429. The Morgan fingerprint density at radius 1 is 1.03 bits per heavy atom. The molecule has 0 aliphatic carbocycles. The van der Waals surface area contributed by atoms with E-state index in [9.17, 15) is 14.4 Å². The SMILES string of the molecule is COc1ccc(C)cc1NC(=O)CNC(=O)CN1CCC(C(=O)Nc2ccc(C)cn2)CC1. The lowest BCUT2D eigenvalue weighted by Crippen LogP contribution is -2.44. The van der Waals surface area contributed by atoms with Crippen molar-refractivity contribution in [3.05, 3.63) is 47.7 Å². The van der Waals surface area contributed by atoms with E-state index < -0.39 is 0 Å². The molecule has 0 saturated carbocycles. The zero-order valence-corrected chi connectivity index (χ0v) is 19.3. The summed E-state index contributed by atoms with van der Waals surface area (Å²) in [4.78, 5) is 43.2. The van der Waals surface area contributed by atoms with Gasteiger partial charge in [-0.1, -0.05) is 12.1 Å². The highest BCUT2D eigenvalue weighted by atomic mass is 16.5. The lowest BCUT2D eigenvalue weighted by Gasteiger charge is -2.30. The molecule has 33 heavy (non-hydrogen) atoms. The summed E-state index contributed by atoms with van der Waals surface area (Å²) in [6, 6.07) is 9.18. The summed E-state index contributed by atoms with van der Waals surface area (Å²) in [5.41, 5.74) is 2.59. The van der Waals surface area contributed by atoms with Crippen LogP contribution in [0, 0.1) is 19.8 Å². The summed E-state index contributed by atoms with van der Waals surface area (Å²) in [5.74, 6) is 0.404. The van der Waals surface area contributed by atoms with Crippen molar-refractivity contribution >= 4 is 29.2 Å². The molecule has 3 N–H and O–H groups in total. The smallest absolute Gasteiger partial charge is 0.243 e. The maximum atomic E-state index is 12.5. The molecule has 0 radical (unpaired) electrons. The van der Waals surface area contributed by atoms with E-state index in [4.69, 9.17) is 4.74 Å². The van der Waals surface area contributed by atoms with E-state index in [1.165, 1.54) is 7.11 Å². The molecule has 1 aromatic heterocycles. The molecule has 9 heteroatoms. The molecule has 1 saturated heterocycles. The van der Waals surface area contributed by atoms with Gasteiger partial charge in [0.05, 0.1) is 25.9 Å². The van der Waals surface area contributed by atoms with Crippen LogP contribution in [0.2, 0.25) is 0 Å². The Bertz CT molecular complexity index is 985. The van der Waals surface area contributed by atoms with Gasteiger partial charge >= 0.3 is 0 Å². The molecule has 1 aromatic carbocycles. The number of pyridine rings is 1. The van der Waals surface area contributed by atoms with E-state index in [2.05, 4.69) is 20.9 Å². The van der Waals surface area contributed by atoms with Gasteiger partial charge in [0.25, 0.3) is 0 Å². The molecule has 0 bridgehead atoms. The van der Waals surface area contributed by atoms with Crippen molar-refractivity contribution in [1.29, 1.82) is 0 Å². The molecular weight excluding hydrogens is 422 g/mol. The summed E-state index contributed by atoms with van der Waals surface area (Å²) in [6.45, 7) is 5.20. The van der Waals surface area contributed by atoms with Crippen LogP contribution in [-0.4, -0.2) is 60.9 Å². The highest BCUT2D eigenvalue weighted by Gasteiger charge is 2.26. The fraction of sp³-hybridized carbons (Fsp3) is 0.417. The Labute approximate surface area is 193 Å². The van der Waals surface area contributed by atoms with Crippen LogP contribution in [0.1, 0.15) is 24.0 Å². The number of nitrogens with zero attached hydrogens (tertiary/aromatic N) is 2. The molecule has 3 amide bonds. The zero-order valence-electron chi connectivity index (χ0n) is 19.3. The van der Waals surface area contributed by atoms with Crippen molar-refractivity contribution < 1.29 is 19.1 Å². The summed E-state index contributed by atoms with van der Waals surface area (Å²) in [6.07, 6.45) is 3.05. The molecule has 176 valence electrons. The Morgan fingerprint density at radius 3 is 2.42 bits per heavy atom. The number of carbonyl (C=O) groups is 3. The quantitative estimate of drug-likeness (QED) is 0.564. The molecule has 3 rings (SSSR count). The van der Waals surface area contributed by atoms with Crippen LogP contribution in [0.4, 0.5) is 11.5 Å². The lowest BCUT2D eigenvalue weighted by molar-refractivity contribution is -0.125. The first kappa shape index (κ1) is 24.2. The summed E-state index contributed by atoms with van der Waals surface area (Å²) < 4.78 is 5.25. The summed E-state index contributed by atoms with van der Waals surface area (Å²) in [7, 11) is 1.54. The van der Waals surface area contributed by atoms with Crippen molar-refractivity contribution in [2.45, 2.75) is 26.7 Å². The van der Waals surface area contributed by atoms with E-state index >= 15 is 0 Å². The van der Waals surface area contributed by atoms with Crippen LogP contribution in [0.25, 0.3) is 0 Å². The third kappa shape index (κ3) is 7.28. The van der Waals surface area contributed by atoms with E-state index in [1.807, 2.05) is 36.9 Å². The van der Waals surface area contributed by atoms with Gasteiger partial charge in [0.2, 0.25) is 17.7 Å². The normalized spacial score (nSPS) is 14.4. The second kappa shape index (κ2) is 11.4. The molecule has 1 fully saturated rings. The predicted molar refractivity (Wildman–Crippen MR) is 126 cm³/mol. The number of hydrogen-bond donors (Lipinski definition) is 3. The number of amides is 3. The topological polar surface area (TPSA) is 113 Å². The molecule has 2 heterocycles. The van der Waals surface area contributed by atoms with Gasteiger partial charge in [0.15, 0.2) is 0 Å². The highest BCUT2D eigenvalue weighted by molar-refractivity contribution is 5.96. The minimum Gasteiger partial charge on any atom is -0.495 e. The number of anilines is 2. The first-order valence-corrected chi connectivity index (χ1v) is 11.0. The zero-order chi connectivity index (χ0) is 23.8. The number of methoxy groups -OCH3 is 1. The molecule has 1 aliphatic rings. The van der Waals surface area contributed by atoms with Gasteiger partial charge in [-0.2, -0.15) is 0 Å². The average Bonchev–Trinajstić information content (AvgIpc) is 2.80. The fourth-order valence-corrected chi connectivity index (χ4v) is 3.68. The van der Waals surface area contributed by atoms with Crippen LogP contribution in [0.5, 0.6) is 5.75 Å². The standard InChI is InChI=1S/C24H31N5O4/c1-16-4-6-20(33-3)19(12-16)27-22(30)14-26-23(31)15-29-10-8-18(9-11-29)24(32)28-21-7-5-17(2)13-25-21/h4-7,12-13,18H,8-11,14-15H2,1-3H3,(H,26,31)(H,27,30)(H,25,28,32). The maximum Gasteiger partial charge on any atom is 0.243 e. The van der Waals surface area contributed by atoms with Gasteiger partial charge < -0.3 is 20.7 Å². The van der Waals surface area contributed by atoms with Gasteiger partial charge in [-0.25, -0.2) is 4.98 Å². The number of piperidine rings is 1. The van der Waals surface area contributed by atoms with E-state index in [-0.39, 0.29) is 36.7 Å². The van der Waals surface area contributed by atoms with E-state index in [0.717, 1.165) is 11.1 Å². The van der Waals surface area contributed by atoms with Crippen molar-refractivity contribution in [2.75, 3.05) is 43.9 Å². The van der Waals surface area contributed by atoms with Gasteiger partial charge in [0, 0.05) is 12.1 Å². The van der Waals surface area contributed by atoms with Crippen molar-refractivity contribution in [3.63, 3.8) is 0 Å². The van der Waals surface area contributed by atoms with Crippen molar-refractivity contribution in [3.8, 4) is 5.75 Å². The van der Waals surface area contributed by atoms with Gasteiger partial charge in [0.1, 0.15) is 11.6 Å². The number of ether oxygens (including phenoxy) is 1. The number of benzene rings is 1. The van der Waals surface area contributed by atoms with E-state index in [1.54, 1.807) is 18.3 Å². The number of rotatable bonds is 8. The van der Waals surface area contributed by atoms with Crippen molar-refractivity contribution in [1.82, 2.24) is 15.2 Å². The third-order valence-corrected chi connectivity index (χ3v) is 5.56. The molecular formula is C24H31N5O4. The van der Waals surface area contributed by atoms with Gasteiger partial charge in [-0.3, -0.25) is 19.3 Å². The Morgan fingerprint density at radius 2 is 1.76 bits per heavy atom. The number of aryl methyl sites for hydroxylation is 2. The van der Waals surface area contributed by atoms with Crippen LogP contribution in [0.15, 0.2) is 36.5 Å². The lowest BCUT2D eigenvalue weighted by atomic mass is 9.96. The maximum absolute atomic E-state index is 12.5. The molecule has 0 atom stereocenters. The number of carbonyl (C=O) groups excluding carboxylic acids is 3. The highest BCUT2D eigenvalue weighted by Crippen LogP contribution is 2.25. The third-order valence-electron chi connectivity index (χ3n) is 5.56. The Hall–Kier alpha value is -3.46. The molecule has 9 nitrogen and oxygen atoms in total. The van der Waals surface area contributed by atoms with Crippen LogP contribution < -0.4 is 20.7 Å². The number of likely N-dealkylation sites (tertiary alicyclic amines) is 1. The summed E-state index contributed by atoms with van der Waals surface area (Å²) >= 11 is 0.